The molecule has 2 nitrogen and oxygen atoms in total. The second-order valence-electron chi connectivity index (χ2n) is 5.50. The first-order valence-electron chi connectivity index (χ1n) is 7.60. The van der Waals surface area contributed by atoms with Gasteiger partial charge < -0.3 is 10.6 Å². The smallest absolute Gasteiger partial charge is 0.0206 e. The Balaban J connectivity index is 1.83. The minimum Gasteiger partial charge on any atom is -0.318 e. The van der Waals surface area contributed by atoms with Crippen molar-refractivity contribution in [1.82, 2.24) is 10.6 Å². The molecular weight excluding hydrogens is 244 g/mol. The molecule has 1 saturated carbocycles. The van der Waals surface area contributed by atoms with Gasteiger partial charge in [0.2, 0.25) is 0 Å². The lowest BCUT2D eigenvalue weighted by Gasteiger charge is -2.18. The maximum atomic E-state index is 3.41. The van der Waals surface area contributed by atoms with Crippen LogP contribution in [-0.2, 0) is 6.54 Å². The van der Waals surface area contributed by atoms with Gasteiger partial charge in [0.05, 0.1) is 0 Å². The van der Waals surface area contributed by atoms with E-state index in [1.165, 1.54) is 36.0 Å². The fraction of sp³-hybridized carbons (Fsp3) is 0.444. The Labute approximate surface area is 123 Å². The Kier molecular flexibility index (Phi) is 6.03. The number of hydrogen-bond acceptors (Lipinski definition) is 2. The first kappa shape index (κ1) is 15.0. The van der Waals surface area contributed by atoms with Crippen molar-refractivity contribution in [2.24, 2.45) is 0 Å². The van der Waals surface area contributed by atoms with Crippen LogP contribution in [0.4, 0.5) is 0 Å². The summed E-state index contributed by atoms with van der Waals surface area (Å²) in [6.07, 6.45) is 8.45. The highest BCUT2D eigenvalue weighted by molar-refractivity contribution is 5.53. The van der Waals surface area contributed by atoms with E-state index in [-0.39, 0.29) is 0 Å². The molecule has 0 aromatic heterocycles. The summed E-state index contributed by atoms with van der Waals surface area (Å²) in [5, 5.41) is 6.55. The second-order valence-corrected chi connectivity index (χ2v) is 5.50. The molecule has 1 aromatic rings. The summed E-state index contributed by atoms with van der Waals surface area (Å²) >= 11 is 0. The van der Waals surface area contributed by atoms with Crippen LogP contribution in [0.15, 0.2) is 41.5 Å². The molecule has 0 aliphatic heterocycles. The average Bonchev–Trinajstić information content (AvgIpc) is 2.41. The Morgan fingerprint density at radius 2 is 1.90 bits per heavy atom. The highest BCUT2D eigenvalue weighted by Gasteiger charge is 2.09. The zero-order valence-corrected chi connectivity index (χ0v) is 12.7. The van der Waals surface area contributed by atoms with Gasteiger partial charge in [-0.25, -0.2) is 0 Å². The molecule has 1 aromatic carbocycles. The van der Waals surface area contributed by atoms with Gasteiger partial charge in [-0.05, 0) is 44.4 Å². The van der Waals surface area contributed by atoms with E-state index < -0.39 is 0 Å². The van der Waals surface area contributed by atoms with Gasteiger partial charge in [0.25, 0.3) is 0 Å². The van der Waals surface area contributed by atoms with E-state index >= 15 is 0 Å². The molecule has 2 rings (SSSR count). The second kappa shape index (κ2) is 8.03. The lowest BCUT2D eigenvalue weighted by atomic mass is 9.88. The molecule has 0 spiro atoms. The first-order chi connectivity index (χ1) is 9.79. The summed E-state index contributed by atoms with van der Waals surface area (Å²) in [6.45, 7) is 5.18. The molecule has 1 fully saturated rings. The van der Waals surface area contributed by atoms with Crippen LogP contribution in [-0.4, -0.2) is 20.1 Å². The lowest BCUT2D eigenvalue weighted by molar-refractivity contribution is 0.651. The van der Waals surface area contributed by atoms with E-state index in [4.69, 9.17) is 0 Å². The molecule has 108 valence electrons. The van der Waals surface area contributed by atoms with Gasteiger partial charge in [-0.3, -0.25) is 0 Å². The van der Waals surface area contributed by atoms with Gasteiger partial charge in [0.1, 0.15) is 0 Å². The predicted octanol–water partition coefficient (Wildman–Crippen LogP) is 3.51. The average molecular weight is 270 g/mol. The molecule has 2 heteroatoms. The van der Waals surface area contributed by atoms with E-state index in [1.807, 2.05) is 7.05 Å². The molecule has 20 heavy (non-hydrogen) atoms. The minimum absolute atomic E-state index is 0.939. The van der Waals surface area contributed by atoms with E-state index in [1.54, 1.807) is 5.57 Å². The molecule has 0 bridgehead atoms. The van der Waals surface area contributed by atoms with Crippen molar-refractivity contribution in [3.63, 3.8) is 0 Å². The number of rotatable bonds is 7. The zero-order valence-electron chi connectivity index (χ0n) is 12.7. The fourth-order valence-electron chi connectivity index (χ4n) is 2.28. The summed E-state index contributed by atoms with van der Waals surface area (Å²) in [5.41, 5.74) is 5.70. The van der Waals surface area contributed by atoms with Crippen LogP contribution in [0.1, 0.15) is 37.3 Å². The van der Waals surface area contributed by atoms with Gasteiger partial charge in [-0.1, -0.05) is 47.6 Å². The monoisotopic (exact) mass is 270 g/mol. The Hall–Kier alpha value is -1.38. The van der Waals surface area contributed by atoms with Gasteiger partial charge in [0, 0.05) is 19.6 Å². The molecule has 2 N–H and O–H groups in total. The van der Waals surface area contributed by atoms with Crippen molar-refractivity contribution in [3.05, 3.63) is 52.6 Å². The molecule has 0 amide bonds. The highest BCUT2D eigenvalue weighted by Crippen LogP contribution is 2.29. The van der Waals surface area contributed by atoms with Gasteiger partial charge in [0.15, 0.2) is 0 Å². The third-order valence-corrected chi connectivity index (χ3v) is 3.90. The Morgan fingerprint density at radius 1 is 1.15 bits per heavy atom. The molecule has 0 heterocycles. The molecule has 0 unspecified atom stereocenters. The van der Waals surface area contributed by atoms with Crippen LogP contribution in [0.25, 0.3) is 6.08 Å². The molecule has 1 aliphatic carbocycles. The summed E-state index contributed by atoms with van der Waals surface area (Å²) in [4.78, 5) is 0. The summed E-state index contributed by atoms with van der Waals surface area (Å²) in [5.74, 6) is 0. The van der Waals surface area contributed by atoms with E-state index in [2.05, 4.69) is 54.0 Å². The number of benzene rings is 1. The third kappa shape index (κ3) is 4.62. The number of likely N-dealkylation sites (N-methyl/N-ethyl adjacent to an activating group) is 1. The minimum atomic E-state index is 0.939. The van der Waals surface area contributed by atoms with Gasteiger partial charge >= 0.3 is 0 Å². The van der Waals surface area contributed by atoms with E-state index in [0.717, 1.165) is 19.6 Å². The molecule has 0 atom stereocenters. The van der Waals surface area contributed by atoms with E-state index in [9.17, 15) is 0 Å². The van der Waals surface area contributed by atoms with Crippen LogP contribution in [0.2, 0.25) is 0 Å². The van der Waals surface area contributed by atoms with Crippen LogP contribution in [0, 0.1) is 0 Å². The number of nitrogens with one attached hydrogen (secondary N) is 2. The van der Waals surface area contributed by atoms with Crippen LogP contribution in [0.5, 0.6) is 0 Å². The molecule has 0 radical (unpaired) electrons. The fourth-order valence-corrected chi connectivity index (χ4v) is 2.28. The lowest BCUT2D eigenvalue weighted by Crippen LogP contribution is -2.24. The molecule has 0 saturated heterocycles. The summed E-state index contributed by atoms with van der Waals surface area (Å²) in [6, 6.07) is 8.81. The predicted molar refractivity (Wildman–Crippen MR) is 87.7 cm³/mol. The van der Waals surface area contributed by atoms with Crippen molar-refractivity contribution in [2.45, 2.75) is 32.7 Å². The molecular formula is C18H26N2. The van der Waals surface area contributed by atoms with Crippen molar-refractivity contribution >= 4 is 6.08 Å². The SMILES string of the molecule is CNCCNCc1ccc(/C=C/C(C)=C2CCC2)cc1. The highest BCUT2D eigenvalue weighted by atomic mass is 14.9. The normalized spacial score (nSPS) is 14.6. The van der Waals surface area contributed by atoms with Crippen LogP contribution < -0.4 is 10.6 Å². The van der Waals surface area contributed by atoms with Gasteiger partial charge in [-0.2, -0.15) is 0 Å². The van der Waals surface area contributed by atoms with Crippen molar-refractivity contribution in [2.75, 3.05) is 20.1 Å². The number of hydrogen-bond donors (Lipinski definition) is 2. The Morgan fingerprint density at radius 3 is 2.50 bits per heavy atom. The Bertz CT molecular complexity index is 463. The largest absolute Gasteiger partial charge is 0.318 e. The van der Waals surface area contributed by atoms with Crippen molar-refractivity contribution in [3.8, 4) is 0 Å². The van der Waals surface area contributed by atoms with Gasteiger partial charge in [-0.15, -0.1) is 0 Å². The summed E-state index contributed by atoms with van der Waals surface area (Å²) in [7, 11) is 1.98. The van der Waals surface area contributed by atoms with Crippen LogP contribution >= 0.6 is 0 Å². The van der Waals surface area contributed by atoms with Crippen molar-refractivity contribution in [1.29, 1.82) is 0 Å². The van der Waals surface area contributed by atoms with E-state index in [0.29, 0.717) is 0 Å². The first-order valence-corrected chi connectivity index (χ1v) is 7.60. The standard InChI is InChI=1S/C18H26N2/c1-15(18-4-3-5-18)6-7-16-8-10-17(11-9-16)14-20-13-12-19-2/h6-11,19-20H,3-5,12-14H2,1-2H3/b7-6+. The van der Waals surface area contributed by atoms with Crippen LogP contribution in [0.3, 0.4) is 0 Å². The van der Waals surface area contributed by atoms with Crippen molar-refractivity contribution < 1.29 is 0 Å². The quantitative estimate of drug-likeness (QED) is 0.741. The zero-order chi connectivity index (χ0) is 14.2. The topological polar surface area (TPSA) is 24.1 Å². The number of allylic oxidation sites excluding steroid dienone is 3. The maximum Gasteiger partial charge on any atom is 0.0206 e. The third-order valence-electron chi connectivity index (χ3n) is 3.90. The summed E-state index contributed by atoms with van der Waals surface area (Å²) < 4.78 is 0. The maximum absolute atomic E-state index is 3.41. The molecule has 1 aliphatic rings.